The molecule has 43 heavy (non-hydrogen) atoms. The van der Waals surface area contributed by atoms with Crippen LogP contribution >= 0.6 is 0 Å². The second-order valence-corrected chi connectivity index (χ2v) is 12.9. The summed E-state index contributed by atoms with van der Waals surface area (Å²) in [6, 6.07) is 14.3. The lowest BCUT2D eigenvalue weighted by molar-refractivity contribution is 0.684. The number of unbranched alkanes of at least 4 members (excludes halogenated alkanes) is 11. The first-order chi connectivity index (χ1) is 21.0. The van der Waals surface area contributed by atoms with E-state index in [4.69, 9.17) is 9.98 Å². The molecule has 2 nitrogen and oxygen atoms in total. The topological polar surface area (TPSA) is 24.7 Å². The van der Waals surface area contributed by atoms with E-state index in [1.165, 1.54) is 131 Å². The van der Waals surface area contributed by atoms with Crippen LogP contribution < -0.4 is 0 Å². The van der Waals surface area contributed by atoms with Gasteiger partial charge in [0.1, 0.15) is 0 Å². The third-order valence-corrected chi connectivity index (χ3v) is 8.60. The van der Waals surface area contributed by atoms with Gasteiger partial charge in [-0.25, -0.2) is 0 Å². The quantitative estimate of drug-likeness (QED) is 0.0863. The number of hydrogen-bond acceptors (Lipinski definition) is 2. The Balaban J connectivity index is 2.46. The van der Waals surface area contributed by atoms with Crippen molar-refractivity contribution in [1.29, 1.82) is 0 Å². The monoisotopic (exact) mass is 587 g/mol. The third-order valence-electron chi connectivity index (χ3n) is 8.60. The first-order valence-corrected chi connectivity index (χ1v) is 18.4. The zero-order chi connectivity index (χ0) is 31.1. The average molecular weight is 587 g/mol. The highest BCUT2D eigenvalue weighted by Gasteiger charge is 2.10. The Morgan fingerprint density at radius 1 is 0.419 bits per heavy atom. The molecule has 0 amide bonds. The summed E-state index contributed by atoms with van der Waals surface area (Å²) in [5.74, 6) is 0. The van der Waals surface area contributed by atoms with Crippen LogP contribution in [-0.4, -0.2) is 11.4 Å². The number of nitrogens with zero attached hydrogens (tertiary/aromatic N) is 2. The van der Waals surface area contributed by atoms with E-state index < -0.39 is 0 Å². The van der Waals surface area contributed by atoms with E-state index in [0.29, 0.717) is 0 Å². The van der Waals surface area contributed by atoms with Crippen LogP contribution in [-0.2, 0) is 25.7 Å². The molecule has 0 heterocycles. The number of rotatable bonds is 24. The summed E-state index contributed by atoms with van der Waals surface area (Å²) in [4.78, 5) is 10.7. The molecule has 0 aliphatic rings. The number of hydrogen-bond donors (Lipinski definition) is 0. The fourth-order valence-corrected chi connectivity index (χ4v) is 5.96. The van der Waals surface area contributed by atoms with Gasteiger partial charge in [0, 0.05) is 0 Å². The maximum absolute atomic E-state index is 5.38. The van der Waals surface area contributed by atoms with Gasteiger partial charge in [-0.15, -0.1) is 0 Å². The Labute approximate surface area is 267 Å². The molecule has 2 aromatic carbocycles. The summed E-state index contributed by atoms with van der Waals surface area (Å²) in [5.41, 5.74) is 10.3. The second kappa shape index (κ2) is 23.2. The highest BCUT2D eigenvalue weighted by Crippen LogP contribution is 2.25. The Morgan fingerprint density at radius 2 is 0.767 bits per heavy atom. The van der Waals surface area contributed by atoms with Crippen LogP contribution in [0.15, 0.2) is 46.4 Å². The average Bonchev–Trinajstić information content (AvgIpc) is 2.99. The van der Waals surface area contributed by atoms with Crippen molar-refractivity contribution in [2.24, 2.45) is 9.98 Å². The summed E-state index contributed by atoms with van der Waals surface area (Å²) in [5, 5.41) is 0. The van der Waals surface area contributed by atoms with Crippen molar-refractivity contribution in [2.45, 2.75) is 176 Å². The molecular formula is C41H66N2. The van der Waals surface area contributed by atoms with Crippen LogP contribution in [0.25, 0.3) is 0 Å². The molecule has 0 radical (unpaired) electrons. The highest BCUT2D eigenvalue weighted by molar-refractivity contribution is 6.42. The van der Waals surface area contributed by atoms with Gasteiger partial charge in [0.2, 0.25) is 0 Å². The van der Waals surface area contributed by atoms with E-state index in [-0.39, 0.29) is 0 Å². The SMILES string of the molecule is CCCCCCC(=Nc1cc(CCCCC)cc(CCCCC)c1)C(C)=Nc1cc(CCCCC)cc(CCCCC)c1. The maximum Gasteiger partial charge on any atom is 0.0639 e. The lowest BCUT2D eigenvalue weighted by Crippen LogP contribution is -2.10. The number of aryl methyl sites for hydroxylation is 4. The molecule has 0 aliphatic heterocycles. The first kappa shape index (κ1) is 37.0. The van der Waals surface area contributed by atoms with Crippen LogP contribution in [0.1, 0.15) is 173 Å². The fourth-order valence-electron chi connectivity index (χ4n) is 5.96. The van der Waals surface area contributed by atoms with Gasteiger partial charge in [-0.3, -0.25) is 9.98 Å². The van der Waals surface area contributed by atoms with Gasteiger partial charge < -0.3 is 0 Å². The van der Waals surface area contributed by atoms with Crippen LogP contribution in [0.5, 0.6) is 0 Å². The molecule has 0 atom stereocenters. The highest BCUT2D eigenvalue weighted by atomic mass is 14.8. The summed E-state index contributed by atoms with van der Waals surface area (Å²) < 4.78 is 0. The van der Waals surface area contributed by atoms with Gasteiger partial charge in [0.15, 0.2) is 0 Å². The largest absolute Gasteiger partial charge is 0.252 e. The third kappa shape index (κ3) is 15.9. The Morgan fingerprint density at radius 3 is 1.14 bits per heavy atom. The van der Waals surface area contributed by atoms with Crippen molar-refractivity contribution < 1.29 is 0 Å². The van der Waals surface area contributed by atoms with E-state index in [1.54, 1.807) is 0 Å². The molecule has 0 spiro atoms. The predicted molar refractivity (Wildman–Crippen MR) is 194 cm³/mol. The van der Waals surface area contributed by atoms with Crippen LogP contribution in [0.4, 0.5) is 11.4 Å². The Hall–Kier alpha value is -2.22. The summed E-state index contributed by atoms with van der Waals surface area (Å²) in [6.45, 7) is 13.6. The molecule has 2 heteroatoms. The van der Waals surface area contributed by atoms with Crippen molar-refractivity contribution in [3.05, 3.63) is 58.7 Å². The molecular weight excluding hydrogens is 520 g/mol. The van der Waals surface area contributed by atoms with Gasteiger partial charge in [0.25, 0.3) is 0 Å². The minimum Gasteiger partial charge on any atom is -0.252 e. The Bertz CT molecular complexity index is 1020. The molecule has 2 rings (SSSR count). The molecule has 0 saturated heterocycles. The zero-order valence-corrected chi connectivity index (χ0v) is 29.2. The molecule has 0 saturated carbocycles. The molecule has 0 aliphatic carbocycles. The lowest BCUT2D eigenvalue weighted by atomic mass is 9.99. The van der Waals surface area contributed by atoms with Crippen LogP contribution in [0.3, 0.4) is 0 Å². The summed E-state index contributed by atoms with van der Waals surface area (Å²) >= 11 is 0. The van der Waals surface area contributed by atoms with Crippen molar-refractivity contribution in [3.63, 3.8) is 0 Å². The van der Waals surface area contributed by atoms with E-state index in [1.807, 2.05) is 0 Å². The molecule has 2 aromatic rings. The molecule has 0 bridgehead atoms. The van der Waals surface area contributed by atoms with Crippen LogP contribution in [0, 0.1) is 0 Å². The van der Waals surface area contributed by atoms with Gasteiger partial charge in [-0.1, -0.05) is 117 Å². The molecule has 0 unspecified atom stereocenters. The molecule has 0 aromatic heterocycles. The van der Waals surface area contributed by atoms with E-state index >= 15 is 0 Å². The minimum absolute atomic E-state index is 1.00. The van der Waals surface area contributed by atoms with Gasteiger partial charge in [0.05, 0.1) is 22.8 Å². The van der Waals surface area contributed by atoms with Crippen molar-refractivity contribution in [3.8, 4) is 0 Å². The van der Waals surface area contributed by atoms with Crippen molar-refractivity contribution in [1.82, 2.24) is 0 Å². The second-order valence-electron chi connectivity index (χ2n) is 12.9. The van der Waals surface area contributed by atoms with E-state index in [0.717, 1.165) is 49.2 Å². The smallest absolute Gasteiger partial charge is 0.0639 e. The summed E-state index contributed by atoms with van der Waals surface area (Å²) in [6.07, 6.45) is 25.9. The van der Waals surface area contributed by atoms with Crippen LogP contribution in [0.2, 0.25) is 0 Å². The van der Waals surface area contributed by atoms with Gasteiger partial charge in [-0.2, -0.15) is 0 Å². The van der Waals surface area contributed by atoms with Crippen molar-refractivity contribution >= 4 is 22.8 Å². The minimum atomic E-state index is 1.00. The molecule has 240 valence electrons. The standard InChI is InChI=1S/C41H66N2/c1-7-12-17-22-27-41(43-40-32-37(25-20-15-10-4)29-38(33-40)26-21-16-11-5)34(6)42-39-30-35(23-18-13-8-2)28-36(31-39)24-19-14-9-3/h28-33H,7-27H2,1-6H3. The lowest BCUT2D eigenvalue weighted by Gasteiger charge is -2.12. The molecule has 0 N–H and O–H groups in total. The number of benzene rings is 2. The first-order valence-electron chi connectivity index (χ1n) is 18.4. The normalized spacial score (nSPS) is 12.3. The molecule has 0 fully saturated rings. The maximum atomic E-state index is 5.38. The van der Waals surface area contributed by atoms with Crippen molar-refractivity contribution in [2.75, 3.05) is 0 Å². The number of aliphatic imine (C=N–C) groups is 2. The van der Waals surface area contributed by atoms with Gasteiger partial charge >= 0.3 is 0 Å². The Kier molecular flexibility index (Phi) is 19.9. The van der Waals surface area contributed by atoms with Gasteiger partial charge in [-0.05, 0) is 118 Å². The van der Waals surface area contributed by atoms with E-state index in [9.17, 15) is 0 Å². The fraction of sp³-hybridized carbons (Fsp3) is 0.659. The zero-order valence-electron chi connectivity index (χ0n) is 29.2. The predicted octanol–water partition coefficient (Wildman–Crippen LogP) is 13.5. The van der Waals surface area contributed by atoms with E-state index in [2.05, 4.69) is 77.9 Å². The summed E-state index contributed by atoms with van der Waals surface area (Å²) in [7, 11) is 0.